The molecule has 0 saturated heterocycles. The molecule has 0 unspecified atom stereocenters. The molecular weight excluding hydrogens is 146 g/mol. The highest BCUT2D eigenvalue weighted by atomic mass is 14.2. The lowest BCUT2D eigenvalue weighted by atomic mass is 10.0. The Morgan fingerprint density at radius 2 is 2.17 bits per heavy atom. The van der Waals surface area contributed by atoms with E-state index in [2.05, 4.69) is 19.9 Å². The van der Waals surface area contributed by atoms with Gasteiger partial charge in [-0.05, 0) is 30.0 Å². The largest absolute Gasteiger partial charge is 0.192 e. The van der Waals surface area contributed by atoms with Crippen LogP contribution in [0.3, 0.4) is 0 Å². The molecule has 0 N–H and O–H groups in total. The van der Waals surface area contributed by atoms with E-state index >= 15 is 0 Å². The summed E-state index contributed by atoms with van der Waals surface area (Å²) in [6, 6.07) is 9.87. The Bertz CT molecular complexity index is 294. The Hall–Kier alpha value is -1.29. The minimum Gasteiger partial charge on any atom is -0.192 e. The summed E-state index contributed by atoms with van der Waals surface area (Å²) in [6.07, 6.45) is 0.968. The van der Waals surface area contributed by atoms with Crippen molar-refractivity contribution >= 4 is 0 Å². The summed E-state index contributed by atoms with van der Waals surface area (Å²) < 4.78 is 0. The third-order valence-corrected chi connectivity index (χ3v) is 1.61. The molecule has 0 aliphatic carbocycles. The van der Waals surface area contributed by atoms with E-state index < -0.39 is 0 Å². The molecule has 61 valence electrons. The third-order valence-electron chi connectivity index (χ3n) is 1.61. The highest BCUT2D eigenvalue weighted by molar-refractivity contribution is 5.33. The van der Waals surface area contributed by atoms with Crippen molar-refractivity contribution in [2.75, 3.05) is 0 Å². The SMILES string of the molecule is C[C](C)Cc1cccc(C#N)c1. The molecule has 1 aromatic rings. The molecule has 0 amide bonds. The number of nitriles is 1. The van der Waals surface area contributed by atoms with Gasteiger partial charge >= 0.3 is 0 Å². The van der Waals surface area contributed by atoms with Crippen LogP contribution in [0.15, 0.2) is 24.3 Å². The van der Waals surface area contributed by atoms with E-state index in [0.29, 0.717) is 0 Å². The quantitative estimate of drug-likeness (QED) is 0.649. The standard InChI is InChI=1S/C11H12N/c1-9(2)6-10-4-3-5-11(7-10)8-12/h3-5,7H,6H2,1-2H3. The van der Waals surface area contributed by atoms with Gasteiger partial charge in [0.15, 0.2) is 0 Å². The minimum atomic E-state index is 0.744. The van der Waals surface area contributed by atoms with Gasteiger partial charge in [0.1, 0.15) is 0 Å². The van der Waals surface area contributed by atoms with Crippen LogP contribution in [-0.2, 0) is 6.42 Å². The van der Waals surface area contributed by atoms with Gasteiger partial charge in [0, 0.05) is 0 Å². The van der Waals surface area contributed by atoms with Gasteiger partial charge in [0.05, 0.1) is 11.6 Å². The highest BCUT2D eigenvalue weighted by Gasteiger charge is 1.98. The lowest BCUT2D eigenvalue weighted by Gasteiger charge is -2.03. The van der Waals surface area contributed by atoms with Crippen LogP contribution >= 0.6 is 0 Å². The first-order chi connectivity index (χ1) is 5.72. The summed E-state index contributed by atoms with van der Waals surface area (Å²) in [6.45, 7) is 4.19. The molecule has 0 heterocycles. The summed E-state index contributed by atoms with van der Waals surface area (Å²) in [5.74, 6) is 1.37. The maximum atomic E-state index is 8.64. The zero-order valence-electron chi connectivity index (χ0n) is 7.46. The Labute approximate surface area is 73.6 Å². The molecule has 0 atom stereocenters. The fraction of sp³-hybridized carbons (Fsp3) is 0.273. The number of rotatable bonds is 2. The van der Waals surface area contributed by atoms with Crippen molar-refractivity contribution in [2.45, 2.75) is 20.3 Å². The Kier molecular flexibility index (Phi) is 2.88. The molecular formula is C11H12N. The molecule has 0 fully saturated rings. The maximum Gasteiger partial charge on any atom is 0.0991 e. The first kappa shape index (κ1) is 8.80. The van der Waals surface area contributed by atoms with Gasteiger partial charge in [0.2, 0.25) is 0 Å². The van der Waals surface area contributed by atoms with Crippen LogP contribution in [0.25, 0.3) is 0 Å². The van der Waals surface area contributed by atoms with Crippen LogP contribution in [0.1, 0.15) is 25.0 Å². The topological polar surface area (TPSA) is 23.8 Å². The summed E-state index contributed by atoms with van der Waals surface area (Å²) in [5, 5.41) is 8.64. The molecule has 0 spiro atoms. The van der Waals surface area contributed by atoms with Crippen molar-refractivity contribution in [1.82, 2.24) is 0 Å². The van der Waals surface area contributed by atoms with Crippen molar-refractivity contribution in [3.8, 4) is 6.07 Å². The molecule has 0 saturated carbocycles. The molecule has 1 rings (SSSR count). The first-order valence-electron chi connectivity index (χ1n) is 4.00. The average molecular weight is 158 g/mol. The zero-order valence-corrected chi connectivity index (χ0v) is 7.46. The van der Waals surface area contributed by atoms with Crippen LogP contribution in [-0.4, -0.2) is 0 Å². The predicted octanol–water partition coefficient (Wildman–Crippen LogP) is 2.72. The molecule has 12 heavy (non-hydrogen) atoms. The Balaban J connectivity index is 2.81. The van der Waals surface area contributed by atoms with Crippen LogP contribution in [0.4, 0.5) is 0 Å². The van der Waals surface area contributed by atoms with E-state index in [9.17, 15) is 0 Å². The summed E-state index contributed by atoms with van der Waals surface area (Å²) in [7, 11) is 0. The molecule has 0 aliphatic rings. The number of nitrogens with zero attached hydrogens (tertiary/aromatic N) is 1. The number of benzene rings is 1. The Morgan fingerprint density at radius 1 is 1.42 bits per heavy atom. The van der Waals surface area contributed by atoms with Crippen LogP contribution < -0.4 is 0 Å². The molecule has 0 aliphatic heterocycles. The summed E-state index contributed by atoms with van der Waals surface area (Å²) in [5.41, 5.74) is 1.96. The number of hydrogen-bond acceptors (Lipinski definition) is 1. The highest BCUT2D eigenvalue weighted by Crippen LogP contribution is 2.10. The Morgan fingerprint density at radius 3 is 2.75 bits per heavy atom. The van der Waals surface area contributed by atoms with Gasteiger partial charge < -0.3 is 0 Å². The van der Waals surface area contributed by atoms with Gasteiger partial charge in [-0.15, -0.1) is 0 Å². The van der Waals surface area contributed by atoms with Gasteiger partial charge in [-0.1, -0.05) is 26.0 Å². The van der Waals surface area contributed by atoms with Crippen molar-refractivity contribution < 1.29 is 0 Å². The molecule has 1 nitrogen and oxygen atoms in total. The molecule has 0 aromatic heterocycles. The second kappa shape index (κ2) is 3.92. The normalized spacial score (nSPS) is 9.83. The van der Waals surface area contributed by atoms with E-state index in [1.807, 2.05) is 24.3 Å². The smallest absolute Gasteiger partial charge is 0.0991 e. The van der Waals surface area contributed by atoms with Crippen molar-refractivity contribution in [1.29, 1.82) is 5.26 Å². The second-order valence-corrected chi connectivity index (χ2v) is 3.20. The average Bonchev–Trinajstić information content (AvgIpc) is 2.03. The van der Waals surface area contributed by atoms with Gasteiger partial charge in [-0.25, -0.2) is 0 Å². The molecule has 1 radical (unpaired) electrons. The fourth-order valence-electron chi connectivity index (χ4n) is 1.16. The van der Waals surface area contributed by atoms with E-state index in [1.54, 1.807) is 0 Å². The van der Waals surface area contributed by atoms with Crippen molar-refractivity contribution in [3.63, 3.8) is 0 Å². The molecule has 0 bridgehead atoms. The molecule has 1 aromatic carbocycles. The van der Waals surface area contributed by atoms with Crippen LogP contribution in [0.5, 0.6) is 0 Å². The minimum absolute atomic E-state index is 0.744. The summed E-state index contributed by atoms with van der Waals surface area (Å²) in [4.78, 5) is 0. The third kappa shape index (κ3) is 2.39. The predicted molar refractivity (Wildman–Crippen MR) is 49.5 cm³/mol. The van der Waals surface area contributed by atoms with Gasteiger partial charge in [0.25, 0.3) is 0 Å². The lowest BCUT2D eigenvalue weighted by molar-refractivity contribution is 0.956. The van der Waals surface area contributed by atoms with E-state index in [4.69, 9.17) is 5.26 Å². The summed E-state index contributed by atoms with van der Waals surface area (Å²) >= 11 is 0. The molecule has 1 heteroatoms. The van der Waals surface area contributed by atoms with E-state index in [0.717, 1.165) is 12.0 Å². The van der Waals surface area contributed by atoms with Gasteiger partial charge in [-0.3, -0.25) is 0 Å². The van der Waals surface area contributed by atoms with Crippen LogP contribution in [0, 0.1) is 17.2 Å². The van der Waals surface area contributed by atoms with E-state index in [1.165, 1.54) is 11.5 Å². The number of hydrogen-bond donors (Lipinski definition) is 0. The van der Waals surface area contributed by atoms with Gasteiger partial charge in [-0.2, -0.15) is 5.26 Å². The lowest BCUT2D eigenvalue weighted by Crippen LogP contribution is -1.91. The van der Waals surface area contributed by atoms with E-state index in [-0.39, 0.29) is 0 Å². The fourth-order valence-corrected chi connectivity index (χ4v) is 1.16. The first-order valence-corrected chi connectivity index (χ1v) is 4.00. The second-order valence-electron chi connectivity index (χ2n) is 3.20. The zero-order chi connectivity index (χ0) is 8.97. The van der Waals surface area contributed by atoms with Crippen molar-refractivity contribution in [2.24, 2.45) is 0 Å². The van der Waals surface area contributed by atoms with Crippen molar-refractivity contribution in [3.05, 3.63) is 41.3 Å². The monoisotopic (exact) mass is 158 g/mol. The van der Waals surface area contributed by atoms with Crippen LogP contribution in [0.2, 0.25) is 0 Å². The maximum absolute atomic E-state index is 8.64.